The third kappa shape index (κ3) is 5.49. The quantitative estimate of drug-likeness (QED) is 0.760. The molecule has 6 nitrogen and oxygen atoms in total. The molecule has 0 aromatic heterocycles. The van der Waals surface area contributed by atoms with Crippen molar-refractivity contribution in [1.29, 1.82) is 0 Å². The highest BCUT2D eigenvalue weighted by molar-refractivity contribution is 5.97. The van der Waals surface area contributed by atoms with Crippen molar-refractivity contribution in [3.05, 3.63) is 59.2 Å². The van der Waals surface area contributed by atoms with E-state index < -0.39 is 6.04 Å². The lowest BCUT2D eigenvalue weighted by Crippen LogP contribution is -2.46. The van der Waals surface area contributed by atoms with Gasteiger partial charge in [-0.3, -0.25) is 9.59 Å². The molecule has 0 fully saturated rings. The van der Waals surface area contributed by atoms with E-state index in [-0.39, 0.29) is 11.8 Å². The number of rotatable bonds is 8. The fraction of sp³-hybridized carbons (Fsp3) is 0.364. The minimum atomic E-state index is -0.607. The van der Waals surface area contributed by atoms with Crippen LogP contribution in [-0.2, 0) is 11.2 Å². The molecule has 28 heavy (non-hydrogen) atoms. The number of carbonyl (C=O) groups is 2. The lowest BCUT2D eigenvalue weighted by molar-refractivity contribution is -0.131. The maximum absolute atomic E-state index is 12.6. The second-order valence-corrected chi connectivity index (χ2v) is 6.76. The van der Waals surface area contributed by atoms with E-state index in [2.05, 4.69) is 5.32 Å². The highest BCUT2D eigenvalue weighted by Crippen LogP contribution is 2.27. The van der Waals surface area contributed by atoms with E-state index >= 15 is 0 Å². The first-order chi connectivity index (χ1) is 13.3. The molecule has 0 aliphatic rings. The molecule has 150 valence electrons. The van der Waals surface area contributed by atoms with Gasteiger partial charge in [-0.25, -0.2) is 0 Å². The summed E-state index contributed by atoms with van der Waals surface area (Å²) in [6.07, 6.45) is 0.668. The van der Waals surface area contributed by atoms with Gasteiger partial charge in [0.2, 0.25) is 5.91 Å². The third-order valence-corrected chi connectivity index (χ3v) is 4.59. The van der Waals surface area contributed by atoms with Gasteiger partial charge in [-0.2, -0.15) is 0 Å². The van der Waals surface area contributed by atoms with Gasteiger partial charge in [0.15, 0.2) is 11.5 Å². The zero-order valence-corrected chi connectivity index (χ0v) is 17.1. The molecule has 2 aromatic carbocycles. The summed E-state index contributed by atoms with van der Waals surface area (Å²) < 4.78 is 10.5. The van der Waals surface area contributed by atoms with Crippen molar-refractivity contribution in [3.8, 4) is 11.5 Å². The van der Waals surface area contributed by atoms with Crippen LogP contribution in [0.1, 0.15) is 28.4 Å². The maximum atomic E-state index is 12.6. The Bertz CT molecular complexity index is 818. The van der Waals surface area contributed by atoms with E-state index in [0.717, 1.165) is 11.1 Å². The first-order valence-corrected chi connectivity index (χ1v) is 9.19. The average Bonchev–Trinajstić information content (AvgIpc) is 2.71. The molecule has 2 amide bonds. The molecule has 0 aliphatic heterocycles. The summed E-state index contributed by atoms with van der Waals surface area (Å²) in [5.74, 6) is 0.936. The Morgan fingerprint density at radius 1 is 1.04 bits per heavy atom. The molecule has 2 rings (SSSR count). The number of amides is 2. The number of nitrogens with zero attached hydrogens (tertiary/aromatic N) is 1. The third-order valence-electron chi connectivity index (χ3n) is 4.59. The first kappa shape index (κ1) is 21.3. The Morgan fingerprint density at radius 2 is 1.68 bits per heavy atom. The average molecular weight is 384 g/mol. The van der Waals surface area contributed by atoms with Crippen LogP contribution in [0.15, 0.2) is 42.5 Å². The van der Waals surface area contributed by atoms with E-state index in [0.29, 0.717) is 30.0 Å². The van der Waals surface area contributed by atoms with Crippen molar-refractivity contribution in [2.75, 3.05) is 27.8 Å². The van der Waals surface area contributed by atoms with Crippen molar-refractivity contribution in [2.45, 2.75) is 26.3 Å². The fourth-order valence-corrected chi connectivity index (χ4v) is 2.82. The molecule has 0 aliphatic carbocycles. The number of likely N-dealkylation sites (N-methyl/N-ethyl adjacent to an activating group) is 1. The molecule has 0 saturated heterocycles. The number of nitrogens with one attached hydrogen (secondary N) is 1. The maximum Gasteiger partial charge on any atom is 0.251 e. The molecule has 1 atom stereocenters. The van der Waals surface area contributed by atoms with Crippen molar-refractivity contribution < 1.29 is 19.1 Å². The number of carbonyl (C=O) groups excluding carboxylic acids is 2. The summed E-state index contributed by atoms with van der Waals surface area (Å²) in [5, 5.41) is 2.76. The van der Waals surface area contributed by atoms with Gasteiger partial charge in [-0.1, -0.05) is 23.8 Å². The largest absolute Gasteiger partial charge is 0.493 e. The Balaban J connectivity index is 1.91. The fourth-order valence-electron chi connectivity index (χ4n) is 2.82. The number of hydrogen-bond acceptors (Lipinski definition) is 4. The molecule has 0 spiro atoms. The summed E-state index contributed by atoms with van der Waals surface area (Å²) in [7, 11) is 4.92. The van der Waals surface area contributed by atoms with E-state index in [1.54, 1.807) is 45.2 Å². The predicted octanol–water partition coefficient (Wildman–Crippen LogP) is 2.83. The standard InChI is InChI=1S/C22H28N2O4/c1-15-6-9-18(10-7-15)21(25)23-16(2)22(26)24(3)13-12-17-8-11-19(27-4)20(14-17)28-5/h6-11,14,16H,12-13H2,1-5H3,(H,23,25). The lowest BCUT2D eigenvalue weighted by Gasteiger charge is -2.22. The predicted molar refractivity (Wildman–Crippen MR) is 109 cm³/mol. The molecular formula is C22H28N2O4. The SMILES string of the molecule is COc1ccc(CCN(C)C(=O)C(C)NC(=O)c2ccc(C)cc2)cc1OC. The molecular weight excluding hydrogens is 356 g/mol. The van der Waals surface area contributed by atoms with Gasteiger partial charge in [0.1, 0.15) is 6.04 Å². The second-order valence-electron chi connectivity index (χ2n) is 6.76. The van der Waals surface area contributed by atoms with E-state index in [4.69, 9.17) is 9.47 Å². The van der Waals surface area contributed by atoms with E-state index in [9.17, 15) is 9.59 Å². The summed E-state index contributed by atoms with van der Waals surface area (Å²) in [5.41, 5.74) is 2.66. The Hall–Kier alpha value is -3.02. The highest BCUT2D eigenvalue weighted by Gasteiger charge is 2.20. The highest BCUT2D eigenvalue weighted by atomic mass is 16.5. The molecule has 2 aromatic rings. The van der Waals surface area contributed by atoms with Crippen LogP contribution in [0.25, 0.3) is 0 Å². The number of hydrogen-bond donors (Lipinski definition) is 1. The van der Waals surface area contributed by atoms with Crippen LogP contribution in [-0.4, -0.2) is 50.6 Å². The van der Waals surface area contributed by atoms with Crippen LogP contribution < -0.4 is 14.8 Å². The van der Waals surface area contributed by atoms with Crippen molar-refractivity contribution in [1.82, 2.24) is 10.2 Å². The monoisotopic (exact) mass is 384 g/mol. The molecule has 1 unspecified atom stereocenters. The van der Waals surface area contributed by atoms with Crippen LogP contribution in [0.2, 0.25) is 0 Å². The van der Waals surface area contributed by atoms with Crippen LogP contribution in [0.3, 0.4) is 0 Å². The normalized spacial score (nSPS) is 11.5. The van der Waals surface area contributed by atoms with Crippen LogP contribution in [0.5, 0.6) is 11.5 Å². The second kappa shape index (κ2) is 9.78. The minimum Gasteiger partial charge on any atom is -0.493 e. The molecule has 0 radical (unpaired) electrons. The Labute approximate surface area is 166 Å². The van der Waals surface area contributed by atoms with Crippen molar-refractivity contribution in [3.63, 3.8) is 0 Å². The molecule has 0 heterocycles. The Morgan fingerprint density at radius 3 is 2.29 bits per heavy atom. The van der Waals surface area contributed by atoms with Crippen LogP contribution in [0, 0.1) is 6.92 Å². The smallest absolute Gasteiger partial charge is 0.251 e. The lowest BCUT2D eigenvalue weighted by atomic mass is 10.1. The van der Waals surface area contributed by atoms with E-state index in [1.165, 1.54) is 0 Å². The number of ether oxygens (including phenoxy) is 2. The van der Waals surface area contributed by atoms with E-state index in [1.807, 2.05) is 37.3 Å². The van der Waals surface area contributed by atoms with Gasteiger partial charge in [-0.05, 0) is 50.1 Å². The minimum absolute atomic E-state index is 0.138. The number of methoxy groups -OCH3 is 2. The summed E-state index contributed by atoms with van der Waals surface area (Å²) >= 11 is 0. The first-order valence-electron chi connectivity index (χ1n) is 9.19. The topological polar surface area (TPSA) is 67.9 Å². The van der Waals surface area contributed by atoms with Crippen molar-refractivity contribution in [2.24, 2.45) is 0 Å². The van der Waals surface area contributed by atoms with Gasteiger partial charge in [-0.15, -0.1) is 0 Å². The van der Waals surface area contributed by atoms with Gasteiger partial charge in [0.05, 0.1) is 14.2 Å². The van der Waals surface area contributed by atoms with Gasteiger partial charge >= 0.3 is 0 Å². The summed E-state index contributed by atoms with van der Waals surface area (Å²) in [6.45, 7) is 4.18. The number of benzene rings is 2. The van der Waals surface area contributed by atoms with Crippen LogP contribution in [0.4, 0.5) is 0 Å². The zero-order chi connectivity index (χ0) is 20.7. The van der Waals surface area contributed by atoms with Gasteiger partial charge < -0.3 is 19.7 Å². The molecule has 6 heteroatoms. The van der Waals surface area contributed by atoms with Crippen molar-refractivity contribution >= 4 is 11.8 Å². The van der Waals surface area contributed by atoms with Gasteiger partial charge in [0.25, 0.3) is 5.91 Å². The Kier molecular flexibility index (Phi) is 7.44. The molecule has 0 bridgehead atoms. The number of aryl methyl sites for hydroxylation is 1. The summed E-state index contributed by atoms with van der Waals surface area (Å²) in [4.78, 5) is 26.5. The molecule has 1 N–H and O–H groups in total. The van der Waals surface area contributed by atoms with Gasteiger partial charge in [0, 0.05) is 19.2 Å². The zero-order valence-electron chi connectivity index (χ0n) is 17.1. The van der Waals surface area contributed by atoms with Crippen LogP contribution >= 0.6 is 0 Å². The summed E-state index contributed by atoms with van der Waals surface area (Å²) in [6, 6.07) is 12.3. The molecule has 0 saturated carbocycles.